The number of carbonyl (C=O) groups is 1. The number of carbonyl (C=O) groups excluding carboxylic acids is 1. The minimum absolute atomic E-state index is 0.660. The number of aliphatic imine (C=N–C) groups is 1. The van der Waals surface area contributed by atoms with E-state index < -0.39 is 0 Å². The van der Waals surface area contributed by atoms with Gasteiger partial charge in [-0.2, -0.15) is 0 Å². The average molecular weight is 112 g/mol. The highest BCUT2D eigenvalue weighted by molar-refractivity contribution is 5.71. The van der Waals surface area contributed by atoms with Crippen LogP contribution in [0, 0.1) is 0 Å². The van der Waals surface area contributed by atoms with Crippen LogP contribution < -0.4 is 0 Å². The zero-order valence-electron chi connectivity index (χ0n) is 4.74. The van der Waals surface area contributed by atoms with Gasteiger partial charge in [0.05, 0.1) is 6.34 Å². The molecular formula is C5H8N2O. The van der Waals surface area contributed by atoms with Gasteiger partial charge in [0.15, 0.2) is 0 Å². The summed E-state index contributed by atoms with van der Waals surface area (Å²) in [6, 6.07) is 0. The second kappa shape index (κ2) is 4.05. The predicted molar refractivity (Wildman–Crippen MR) is 32.5 cm³/mol. The first-order valence-corrected chi connectivity index (χ1v) is 2.12. The van der Waals surface area contributed by atoms with Gasteiger partial charge in [-0.05, 0) is 0 Å². The van der Waals surface area contributed by atoms with E-state index in [2.05, 4.69) is 11.6 Å². The van der Waals surface area contributed by atoms with Crippen LogP contribution >= 0.6 is 0 Å². The molecule has 0 unspecified atom stereocenters. The lowest BCUT2D eigenvalue weighted by atomic mass is 10.9. The highest BCUT2D eigenvalue weighted by Crippen LogP contribution is 1.67. The summed E-state index contributed by atoms with van der Waals surface area (Å²) in [5, 5.41) is 0. The molecule has 0 saturated carbocycles. The van der Waals surface area contributed by atoms with Gasteiger partial charge in [-0.25, -0.2) is 4.99 Å². The van der Waals surface area contributed by atoms with E-state index in [0.717, 1.165) is 0 Å². The quantitative estimate of drug-likeness (QED) is 0.292. The summed E-state index contributed by atoms with van der Waals surface area (Å²) >= 11 is 0. The molecule has 0 aromatic heterocycles. The number of nitrogens with zero attached hydrogens (tertiary/aromatic N) is 2. The van der Waals surface area contributed by atoms with E-state index in [1.54, 1.807) is 7.05 Å². The summed E-state index contributed by atoms with van der Waals surface area (Å²) in [6.45, 7) is 3.33. The summed E-state index contributed by atoms with van der Waals surface area (Å²) in [5.74, 6) is 0. The Balaban J connectivity index is 3.50. The molecule has 0 spiro atoms. The molecule has 0 radical (unpaired) electrons. The molecule has 1 amide bonds. The first-order chi connectivity index (χ1) is 3.81. The highest BCUT2D eigenvalue weighted by atomic mass is 16.1. The Kier molecular flexibility index (Phi) is 3.48. The van der Waals surface area contributed by atoms with Crippen molar-refractivity contribution in [3.63, 3.8) is 0 Å². The van der Waals surface area contributed by atoms with Gasteiger partial charge < -0.3 is 4.90 Å². The number of hydrogen-bond acceptors (Lipinski definition) is 2. The molecule has 0 atom stereocenters. The van der Waals surface area contributed by atoms with Crippen molar-refractivity contribution in [2.45, 2.75) is 0 Å². The third-order valence-corrected chi connectivity index (χ3v) is 0.520. The van der Waals surface area contributed by atoms with Crippen molar-refractivity contribution in [3.8, 4) is 0 Å². The highest BCUT2D eigenvalue weighted by Gasteiger charge is 1.78. The van der Waals surface area contributed by atoms with E-state index in [0.29, 0.717) is 6.41 Å². The smallest absolute Gasteiger partial charge is 0.214 e. The maximum Gasteiger partial charge on any atom is 0.214 e. The zero-order chi connectivity index (χ0) is 6.41. The lowest BCUT2D eigenvalue weighted by Gasteiger charge is -1.96. The third kappa shape index (κ3) is 3.08. The Morgan fingerprint density at radius 1 is 1.75 bits per heavy atom. The van der Waals surface area contributed by atoms with Gasteiger partial charge in [0, 0.05) is 13.2 Å². The molecule has 0 aromatic carbocycles. The van der Waals surface area contributed by atoms with E-state index in [1.807, 2.05) is 0 Å². The zero-order valence-corrected chi connectivity index (χ0v) is 4.74. The van der Waals surface area contributed by atoms with Crippen molar-refractivity contribution >= 4 is 12.7 Å². The lowest BCUT2D eigenvalue weighted by molar-refractivity contribution is -0.113. The van der Waals surface area contributed by atoms with Crippen LogP contribution in [-0.4, -0.2) is 24.7 Å². The molecule has 0 rings (SSSR count). The van der Waals surface area contributed by atoms with E-state index in [-0.39, 0.29) is 0 Å². The second-order valence-corrected chi connectivity index (χ2v) is 1.22. The summed E-state index contributed by atoms with van der Waals surface area (Å²) in [7, 11) is 1.60. The van der Waals surface area contributed by atoms with Crippen LogP contribution in [-0.2, 0) is 4.79 Å². The number of amides is 1. The van der Waals surface area contributed by atoms with Crippen molar-refractivity contribution < 1.29 is 4.79 Å². The van der Waals surface area contributed by atoms with Crippen molar-refractivity contribution in [2.75, 3.05) is 7.05 Å². The monoisotopic (exact) mass is 112 g/mol. The summed E-state index contributed by atoms with van der Waals surface area (Å²) < 4.78 is 0. The second-order valence-electron chi connectivity index (χ2n) is 1.22. The van der Waals surface area contributed by atoms with Crippen LogP contribution in [0.2, 0.25) is 0 Å². The van der Waals surface area contributed by atoms with Crippen LogP contribution in [0.5, 0.6) is 0 Å². The molecule has 0 N–H and O–H groups in total. The van der Waals surface area contributed by atoms with Crippen molar-refractivity contribution in [3.05, 3.63) is 12.8 Å². The largest absolute Gasteiger partial charge is 0.309 e. The first kappa shape index (κ1) is 6.88. The molecule has 0 aliphatic carbocycles. The number of rotatable bonds is 3. The first-order valence-electron chi connectivity index (χ1n) is 2.12. The molecule has 0 bridgehead atoms. The normalized spacial score (nSPS) is 9.12. The van der Waals surface area contributed by atoms with Crippen molar-refractivity contribution in [1.82, 2.24) is 4.90 Å². The third-order valence-electron chi connectivity index (χ3n) is 0.520. The summed E-state index contributed by atoms with van der Waals surface area (Å²) in [6.07, 6.45) is 3.40. The van der Waals surface area contributed by atoms with Crippen LogP contribution in [0.15, 0.2) is 17.8 Å². The summed E-state index contributed by atoms with van der Waals surface area (Å²) in [5.41, 5.74) is 0. The van der Waals surface area contributed by atoms with Gasteiger partial charge >= 0.3 is 0 Å². The van der Waals surface area contributed by atoms with Gasteiger partial charge in [-0.15, -0.1) is 0 Å². The Bertz CT molecular complexity index is 109. The minimum atomic E-state index is 0.660. The molecule has 0 aliphatic heterocycles. The molecule has 3 nitrogen and oxygen atoms in total. The average Bonchev–Trinajstić information content (AvgIpc) is 1.83. The topological polar surface area (TPSA) is 32.7 Å². The fraction of sp³-hybridized carbons (Fsp3) is 0.200. The van der Waals surface area contributed by atoms with Gasteiger partial charge in [0.25, 0.3) is 0 Å². The van der Waals surface area contributed by atoms with E-state index in [9.17, 15) is 4.79 Å². The minimum Gasteiger partial charge on any atom is -0.309 e. The van der Waals surface area contributed by atoms with Crippen LogP contribution in [0.1, 0.15) is 0 Å². The Morgan fingerprint density at radius 2 is 2.38 bits per heavy atom. The Hall–Kier alpha value is -1.12. The van der Waals surface area contributed by atoms with E-state index >= 15 is 0 Å². The van der Waals surface area contributed by atoms with Gasteiger partial charge in [0.2, 0.25) is 6.41 Å². The Labute approximate surface area is 48.3 Å². The lowest BCUT2D eigenvalue weighted by Crippen LogP contribution is -2.11. The number of hydrogen-bond donors (Lipinski definition) is 0. The van der Waals surface area contributed by atoms with E-state index in [4.69, 9.17) is 0 Å². The van der Waals surface area contributed by atoms with Crippen molar-refractivity contribution in [2.24, 2.45) is 4.99 Å². The van der Waals surface area contributed by atoms with Crippen LogP contribution in [0.4, 0.5) is 0 Å². The molecule has 0 aromatic rings. The predicted octanol–water partition coefficient (Wildman–Crippen LogP) is 0.246. The van der Waals surface area contributed by atoms with Crippen molar-refractivity contribution in [1.29, 1.82) is 0 Å². The molecule has 0 saturated heterocycles. The molecule has 0 heterocycles. The standard InChI is InChI=1S/C5H8N2O/c1-3-6-4-7(2)5-8/h3-5H,1H2,2H3/b6-4-. The maximum absolute atomic E-state index is 9.81. The fourth-order valence-corrected chi connectivity index (χ4v) is 0.180. The molecular weight excluding hydrogens is 104 g/mol. The maximum atomic E-state index is 9.81. The van der Waals surface area contributed by atoms with Gasteiger partial charge in [-0.1, -0.05) is 6.58 Å². The molecule has 0 aliphatic rings. The van der Waals surface area contributed by atoms with E-state index in [1.165, 1.54) is 17.4 Å². The van der Waals surface area contributed by atoms with Crippen LogP contribution in [0.3, 0.4) is 0 Å². The fourth-order valence-electron chi connectivity index (χ4n) is 0.180. The molecule has 0 fully saturated rings. The van der Waals surface area contributed by atoms with Gasteiger partial charge in [-0.3, -0.25) is 4.79 Å². The Morgan fingerprint density at radius 3 is 2.75 bits per heavy atom. The molecule has 44 valence electrons. The summed E-state index contributed by atoms with van der Waals surface area (Å²) in [4.78, 5) is 14.7. The molecule has 8 heavy (non-hydrogen) atoms. The SMILES string of the molecule is C=C/N=C\N(C)C=O. The van der Waals surface area contributed by atoms with Gasteiger partial charge in [0.1, 0.15) is 0 Å². The molecule has 3 heteroatoms. The van der Waals surface area contributed by atoms with Crippen LogP contribution in [0.25, 0.3) is 0 Å².